The molecule has 1 aliphatic heterocycles. The van der Waals surface area contributed by atoms with Crippen LogP contribution < -0.4 is 10.1 Å². The van der Waals surface area contributed by atoms with Gasteiger partial charge in [-0.15, -0.1) is 0 Å². The molecule has 1 N–H and O–H groups in total. The molecule has 0 fully saturated rings. The second kappa shape index (κ2) is 5.57. The van der Waals surface area contributed by atoms with Crippen LogP contribution in [0.4, 0.5) is 0 Å². The number of aliphatic imine (C=N–C) groups is 1. The Hall–Kier alpha value is -2.29. The molecule has 0 saturated heterocycles. The van der Waals surface area contributed by atoms with E-state index in [1.807, 2.05) is 42.5 Å². The molecular weight excluding hydrogens is 236 g/mol. The molecule has 1 aliphatic rings. The van der Waals surface area contributed by atoms with Crippen LogP contribution in [0.25, 0.3) is 0 Å². The lowest BCUT2D eigenvalue weighted by molar-refractivity contribution is 0.306. The lowest BCUT2D eigenvalue weighted by atomic mass is 10.2. The van der Waals surface area contributed by atoms with Crippen LogP contribution in [0.1, 0.15) is 11.1 Å². The Labute approximate surface area is 113 Å². The normalized spacial score (nSPS) is 13.8. The van der Waals surface area contributed by atoms with Gasteiger partial charge in [-0.25, -0.2) is 0 Å². The molecule has 0 radical (unpaired) electrons. The van der Waals surface area contributed by atoms with Gasteiger partial charge in [-0.1, -0.05) is 30.3 Å². The van der Waals surface area contributed by atoms with E-state index in [1.54, 1.807) is 0 Å². The Morgan fingerprint density at radius 1 is 1.00 bits per heavy atom. The number of hydrogen-bond donors (Lipinski definition) is 1. The second-order valence-corrected chi connectivity index (χ2v) is 4.46. The molecule has 0 aliphatic carbocycles. The summed E-state index contributed by atoms with van der Waals surface area (Å²) in [5.41, 5.74) is 2.29. The zero-order valence-corrected chi connectivity index (χ0v) is 10.7. The summed E-state index contributed by atoms with van der Waals surface area (Å²) in [6, 6.07) is 18.2. The smallest absolute Gasteiger partial charge is 0.128 e. The van der Waals surface area contributed by atoms with Crippen LogP contribution in [-0.4, -0.2) is 18.9 Å². The third kappa shape index (κ3) is 2.94. The van der Waals surface area contributed by atoms with Gasteiger partial charge in [-0.3, -0.25) is 4.99 Å². The fraction of sp³-hybridized carbons (Fsp3) is 0.188. The summed E-state index contributed by atoms with van der Waals surface area (Å²) < 4.78 is 5.75. The fourth-order valence-electron chi connectivity index (χ4n) is 2.04. The average molecular weight is 252 g/mol. The lowest BCUT2D eigenvalue weighted by Gasteiger charge is -2.07. The monoisotopic (exact) mass is 252 g/mol. The third-order valence-corrected chi connectivity index (χ3v) is 3.05. The van der Waals surface area contributed by atoms with Crippen molar-refractivity contribution in [1.82, 2.24) is 5.32 Å². The topological polar surface area (TPSA) is 33.6 Å². The Morgan fingerprint density at radius 2 is 1.79 bits per heavy atom. The van der Waals surface area contributed by atoms with Gasteiger partial charge in [0.05, 0.1) is 6.54 Å². The molecular formula is C16H16N2O. The largest absolute Gasteiger partial charge is 0.489 e. The van der Waals surface area contributed by atoms with Gasteiger partial charge in [-0.05, 0) is 29.8 Å². The summed E-state index contributed by atoms with van der Waals surface area (Å²) in [6.07, 6.45) is 0. The van der Waals surface area contributed by atoms with Gasteiger partial charge in [0.25, 0.3) is 0 Å². The lowest BCUT2D eigenvalue weighted by Crippen LogP contribution is -2.19. The van der Waals surface area contributed by atoms with E-state index in [-0.39, 0.29) is 0 Å². The Bertz CT molecular complexity index is 561. The number of hydrogen-bond acceptors (Lipinski definition) is 3. The Balaban J connectivity index is 1.63. The third-order valence-electron chi connectivity index (χ3n) is 3.05. The first kappa shape index (κ1) is 11.8. The number of nitrogens with zero attached hydrogens (tertiary/aromatic N) is 1. The highest BCUT2D eigenvalue weighted by Gasteiger charge is 2.07. The number of ether oxygens (including phenoxy) is 1. The van der Waals surface area contributed by atoms with E-state index in [0.29, 0.717) is 6.61 Å². The quantitative estimate of drug-likeness (QED) is 0.907. The van der Waals surface area contributed by atoms with Gasteiger partial charge >= 0.3 is 0 Å². The second-order valence-electron chi connectivity index (χ2n) is 4.46. The molecule has 3 nitrogen and oxygen atoms in total. The average Bonchev–Trinajstić information content (AvgIpc) is 3.01. The standard InChI is InChI=1S/C16H16N2O/c1-2-4-13(5-3-1)12-19-15-8-6-14(7-9-15)16-17-10-11-18-16/h1-9H,10-12H2,(H,17,18). The summed E-state index contributed by atoms with van der Waals surface area (Å²) in [5.74, 6) is 1.86. The van der Waals surface area contributed by atoms with E-state index < -0.39 is 0 Å². The molecule has 96 valence electrons. The van der Waals surface area contributed by atoms with Crippen molar-refractivity contribution >= 4 is 5.84 Å². The van der Waals surface area contributed by atoms with Crippen LogP contribution in [0.15, 0.2) is 59.6 Å². The van der Waals surface area contributed by atoms with Crippen molar-refractivity contribution in [2.24, 2.45) is 4.99 Å². The summed E-state index contributed by atoms with van der Waals surface area (Å²) in [6.45, 7) is 2.39. The molecule has 19 heavy (non-hydrogen) atoms. The molecule has 3 rings (SSSR count). The number of benzene rings is 2. The summed E-state index contributed by atoms with van der Waals surface area (Å²) in [5, 5.41) is 3.26. The molecule has 0 amide bonds. The van der Waals surface area contributed by atoms with Crippen molar-refractivity contribution in [2.75, 3.05) is 13.1 Å². The number of nitrogens with one attached hydrogen (secondary N) is 1. The summed E-state index contributed by atoms with van der Waals surface area (Å²) in [4.78, 5) is 4.39. The van der Waals surface area contributed by atoms with Crippen LogP contribution in [0.5, 0.6) is 5.75 Å². The highest BCUT2D eigenvalue weighted by molar-refractivity contribution is 5.99. The summed E-state index contributed by atoms with van der Waals surface area (Å²) >= 11 is 0. The van der Waals surface area contributed by atoms with Crippen molar-refractivity contribution in [3.63, 3.8) is 0 Å². The van der Waals surface area contributed by atoms with E-state index >= 15 is 0 Å². The number of rotatable bonds is 4. The molecule has 0 saturated carbocycles. The van der Waals surface area contributed by atoms with Gasteiger partial charge in [0.2, 0.25) is 0 Å². The molecule has 3 heteroatoms. The van der Waals surface area contributed by atoms with Crippen molar-refractivity contribution in [2.45, 2.75) is 6.61 Å². The highest BCUT2D eigenvalue weighted by Crippen LogP contribution is 2.15. The molecule has 2 aromatic rings. The van der Waals surface area contributed by atoms with E-state index in [0.717, 1.165) is 30.2 Å². The van der Waals surface area contributed by atoms with Gasteiger partial charge in [0.1, 0.15) is 18.2 Å². The van der Waals surface area contributed by atoms with Gasteiger partial charge < -0.3 is 10.1 Å². The van der Waals surface area contributed by atoms with Crippen molar-refractivity contribution in [1.29, 1.82) is 0 Å². The molecule has 1 heterocycles. The molecule has 0 aromatic heterocycles. The first-order chi connectivity index (χ1) is 9.42. The Morgan fingerprint density at radius 3 is 2.47 bits per heavy atom. The predicted octanol–water partition coefficient (Wildman–Crippen LogP) is 2.62. The van der Waals surface area contributed by atoms with E-state index in [9.17, 15) is 0 Å². The van der Waals surface area contributed by atoms with E-state index in [2.05, 4.69) is 22.4 Å². The van der Waals surface area contributed by atoms with Crippen LogP contribution in [0.3, 0.4) is 0 Å². The van der Waals surface area contributed by atoms with Gasteiger partial charge in [-0.2, -0.15) is 0 Å². The minimum Gasteiger partial charge on any atom is -0.489 e. The maximum Gasteiger partial charge on any atom is 0.128 e. The molecule has 2 aromatic carbocycles. The van der Waals surface area contributed by atoms with Crippen molar-refractivity contribution < 1.29 is 4.74 Å². The van der Waals surface area contributed by atoms with E-state index in [4.69, 9.17) is 4.74 Å². The first-order valence-electron chi connectivity index (χ1n) is 6.47. The summed E-state index contributed by atoms with van der Waals surface area (Å²) in [7, 11) is 0. The number of amidine groups is 1. The highest BCUT2D eigenvalue weighted by atomic mass is 16.5. The minimum atomic E-state index is 0.597. The predicted molar refractivity (Wildman–Crippen MR) is 76.6 cm³/mol. The maximum atomic E-state index is 5.75. The van der Waals surface area contributed by atoms with Crippen LogP contribution in [-0.2, 0) is 6.61 Å². The minimum absolute atomic E-state index is 0.597. The first-order valence-corrected chi connectivity index (χ1v) is 6.47. The van der Waals surface area contributed by atoms with Crippen LogP contribution in [0, 0.1) is 0 Å². The maximum absolute atomic E-state index is 5.75. The molecule has 0 atom stereocenters. The zero-order chi connectivity index (χ0) is 12.9. The molecule has 0 unspecified atom stereocenters. The SMILES string of the molecule is c1ccc(COc2ccc(C3=NCCN3)cc2)cc1. The van der Waals surface area contributed by atoms with Crippen LogP contribution >= 0.6 is 0 Å². The van der Waals surface area contributed by atoms with Gasteiger partial charge in [0.15, 0.2) is 0 Å². The fourth-order valence-corrected chi connectivity index (χ4v) is 2.04. The zero-order valence-electron chi connectivity index (χ0n) is 10.7. The van der Waals surface area contributed by atoms with Gasteiger partial charge in [0, 0.05) is 12.1 Å². The molecule has 0 spiro atoms. The molecule has 0 bridgehead atoms. The van der Waals surface area contributed by atoms with Crippen molar-refractivity contribution in [3.05, 3.63) is 65.7 Å². The van der Waals surface area contributed by atoms with E-state index in [1.165, 1.54) is 5.56 Å². The Kier molecular flexibility index (Phi) is 3.45. The van der Waals surface area contributed by atoms with Crippen LogP contribution in [0.2, 0.25) is 0 Å². The van der Waals surface area contributed by atoms with Crippen molar-refractivity contribution in [3.8, 4) is 5.75 Å².